The molecule has 80 valence electrons. The van der Waals surface area contributed by atoms with Gasteiger partial charge in [0.15, 0.2) is 11.6 Å². The van der Waals surface area contributed by atoms with E-state index in [9.17, 15) is 0 Å². The summed E-state index contributed by atoms with van der Waals surface area (Å²) in [6.07, 6.45) is 0. The van der Waals surface area contributed by atoms with E-state index in [-0.39, 0.29) is 0 Å². The highest BCUT2D eigenvalue weighted by Gasteiger charge is 2.07. The van der Waals surface area contributed by atoms with Crippen molar-refractivity contribution in [2.45, 2.75) is 6.92 Å². The Morgan fingerprint density at radius 1 is 1.31 bits per heavy atom. The van der Waals surface area contributed by atoms with Gasteiger partial charge in [0.25, 0.3) is 0 Å². The first-order valence-corrected chi connectivity index (χ1v) is 5.60. The van der Waals surface area contributed by atoms with Crippen LogP contribution in [0.1, 0.15) is 5.69 Å². The van der Waals surface area contributed by atoms with Gasteiger partial charge in [-0.05, 0) is 24.5 Å². The molecule has 3 rings (SSSR count). The molecule has 1 aromatic carbocycles. The third-order valence-electron chi connectivity index (χ3n) is 2.47. The second kappa shape index (κ2) is 3.31. The van der Waals surface area contributed by atoms with E-state index in [1.165, 1.54) is 16.9 Å². The van der Waals surface area contributed by atoms with Gasteiger partial charge in [-0.1, -0.05) is 17.3 Å². The minimum atomic E-state index is 0.399. The van der Waals surface area contributed by atoms with Crippen molar-refractivity contribution in [3.8, 4) is 11.3 Å². The van der Waals surface area contributed by atoms with Crippen molar-refractivity contribution in [3.63, 3.8) is 0 Å². The number of benzene rings is 1. The van der Waals surface area contributed by atoms with Crippen LogP contribution in [0.25, 0.3) is 21.4 Å². The van der Waals surface area contributed by atoms with Crippen molar-refractivity contribution < 1.29 is 4.52 Å². The summed E-state index contributed by atoms with van der Waals surface area (Å²) in [6.45, 7) is 2.00. The zero-order valence-corrected chi connectivity index (χ0v) is 9.41. The van der Waals surface area contributed by atoms with Crippen LogP contribution in [0.15, 0.2) is 28.8 Å². The summed E-state index contributed by atoms with van der Waals surface area (Å²) < 4.78 is 10.6. The first-order chi connectivity index (χ1) is 7.74. The van der Waals surface area contributed by atoms with Gasteiger partial charge in [-0.2, -0.15) is 4.37 Å². The van der Waals surface area contributed by atoms with Gasteiger partial charge in [-0.3, -0.25) is 0 Å². The highest BCUT2D eigenvalue weighted by atomic mass is 32.1. The topological polar surface area (TPSA) is 64.9 Å². The van der Waals surface area contributed by atoms with Crippen LogP contribution in [0.3, 0.4) is 0 Å². The molecule has 0 aliphatic heterocycles. The second-order valence-electron chi connectivity index (χ2n) is 3.59. The van der Waals surface area contributed by atoms with E-state index in [0.29, 0.717) is 11.6 Å². The Morgan fingerprint density at radius 2 is 2.19 bits per heavy atom. The number of nitrogens with zero attached hydrogens (tertiary/aromatic N) is 2. The van der Waals surface area contributed by atoms with E-state index in [1.54, 1.807) is 6.07 Å². The van der Waals surface area contributed by atoms with Crippen molar-refractivity contribution >= 4 is 27.4 Å². The first-order valence-electron chi connectivity index (χ1n) is 4.82. The Hall–Kier alpha value is -1.88. The number of fused-ring (bicyclic) bond motifs is 1. The summed E-state index contributed by atoms with van der Waals surface area (Å²) in [4.78, 5) is 0. The molecule has 0 saturated carbocycles. The number of aryl methyl sites for hydroxylation is 1. The van der Waals surface area contributed by atoms with E-state index in [2.05, 4.69) is 9.53 Å². The SMILES string of the molecule is Cc1nsc2cc(-c3cc(N)no3)ccc12. The zero-order valence-electron chi connectivity index (χ0n) is 8.60. The second-order valence-corrected chi connectivity index (χ2v) is 4.40. The smallest absolute Gasteiger partial charge is 0.169 e. The van der Waals surface area contributed by atoms with Gasteiger partial charge in [0.2, 0.25) is 0 Å². The summed E-state index contributed by atoms with van der Waals surface area (Å²) >= 11 is 1.49. The van der Waals surface area contributed by atoms with Crippen molar-refractivity contribution in [1.29, 1.82) is 0 Å². The maximum absolute atomic E-state index is 5.52. The molecule has 0 bridgehead atoms. The van der Waals surface area contributed by atoms with E-state index in [1.807, 2.05) is 25.1 Å². The number of hydrogen-bond donors (Lipinski definition) is 1. The van der Waals surface area contributed by atoms with Crippen molar-refractivity contribution in [1.82, 2.24) is 9.53 Å². The van der Waals surface area contributed by atoms with Crippen LogP contribution in [-0.4, -0.2) is 9.53 Å². The third kappa shape index (κ3) is 1.37. The molecule has 0 fully saturated rings. The summed E-state index contributed by atoms with van der Waals surface area (Å²) in [6, 6.07) is 7.79. The Labute approximate surface area is 95.8 Å². The number of nitrogens with two attached hydrogens (primary N) is 1. The molecular formula is C11H9N3OS. The van der Waals surface area contributed by atoms with Gasteiger partial charge in [-0.15, -0.1) is 0 Å². The van der Waals surface area contributed by atoms with Crippen LogP contribution in [0.5, 0.6) is 0 Å². The minimum absolute atomic E-state index is 0.399. The van der Waals surface area contributed by atoms with E-state index in [4.69, 9.17) is 10.3 Å². The summed E-state index contributed by atoms with van der Waals surface area (Å²) in [7, 11) is 0. The van der Waals surface area contributed by atoms with Crippen molar-refractivity contribution in [2.24, 2.45) is 0 Å². The highest BCUT2D eigenvalue weighted by molar-refractivity contribution is 7.13. The molecule has 2 heterocycles. The van der Waals surface area contributed by atoms with E-state index < -0.39 is 0 Å². The fourth-order valence-corrected chi connectivity index (χ4v) is 2.47. The van der Waals surface area contributed by atoms with Gasteiger partial charge >= 0.3 is 0 Å². The monoisotopic (exact) mass is 231 g/mol. The van der Waals surface area contributed by atoms with E-state index in [0.717, 1.165) is 16.0 Å². The highest BCUT2D eigenvalue weighted by Crippen LogP contribution is 2.29. The van der Waals surface area contributed by atoms with Gasteiger partial charge in [0, 0.05) is 17.0 Å². The van der Waals surface area contributed by atoms with Crippen LogP contribution in [-0.2, 0) is 0 Å². The number of hydrogen-bond acceptors (Lipinski definition) is 5. The van der Waals surface area contributed by atoms with Crippen LogP contribution in [0, 0.1) is 6.92 Å². The lowest BCUT2D eigenvalue weighted by Crippen LogP contribution is -1.80. The molecule has 5 heteroatoms. The Bertz CT molecular complexity index is 656. The van der Waals surface area contributed by atoms with Gasteiger partial charge in [-0.25, -0.2) is 0 Å². The predicted molar refractivity (Wildman–Crippen MR) is 64.3 cm³/mol. The molecule has 0 amide bonds. The number of aromatic nitrogens is 2. The lowest BCUT2D eigenvalue weighted by atomic mass is 10.1. The van der Waals surface area contributed by atoms with Crippen LogP contribution < -0.4 is 5.73 Å². The van der Waals surface area contributed by atoms with E-state index >= 15 is 0 Å². The molecule has 0 unspecified atom stereocenters. The third-order valence-corrected chi connectivity index (χ3v) is 3.36. The average molecular weight is 231 g/mol. The normalized spacial score (nSPS) is 11.1. The lowest BCUT2D eigenvalue weighted by Gasteiger charge is -1.95. The molecule has 3 aromatic rings. The largest absolute Gasteiger partial charge is 0.381 e. The fraction of sp³-hybridized carbons (Fsp3) is 0.0909. The van der Waals surface area contributed by atoms with Gasteiger partial charge < -0.3 is 10.3 Å². The van der Waals surface area contributed by atoms with Gasteiger partial charge in [0.1, 0.15) is 0 Å². The fourth-order valence-electron chi connectivity index (χ4n) is 1.64. The van der Waals surface area contributed by atoms with Crippen LogP contribution in [0.2, 0.25) is 0 Å². The molecular weight excluding hydrogens is 222 g/mol. The number of nitrogen functional groups attached to an aromatic ring is 1. The molecule has 0 aliphatic rings. The molecule has 4 nitrogen and oxygen atoms in total. The lowest BCUT2D eigenvalue weighted by molar-refractivity contribution is 0.436. The summed E-state index contributed by atoms with van der Waals surface area (Å²) in [5.41, 5.74) is 7.55. The quantitative estimate of drug-likeness (QED) is 0.699. The standard InChI is InChI=1S/C11H9N3OS/c1-6-8-3-2-7(4-10(8)16-14-6)9-5-11(12)13-15-9/h2-5H,1H3,(H2,12,13). The molecule has 0 radical (unpaired) electrons. The number of rotatable bonds is 1. The summed E-state index contributed by atoms with van der Waals surface area (Å²) in [5, 5.41) is 4.85. The molecule has 0 spiro atoms. The molecule has 2 aromatic heterocycles. The number of anilines is 1. The van der Waals surface area contributed by atoms with Crippen molar-refractivity contribution in [3.05, 3.63) is 30.0 Å². The van der Waals surface area contributed by atoms with Crippen LogP contribution >= 0.6 is 11.5 Å². The summed E-state index contributed by atoms with van der Waals surface area (Å²) in [5.74, 6) is 1.08. The first kappa shape index (κ1) is 9.35. The molecule has 0 saturated heterocycles. The minimum Gasteiger partial charge on any atom is -0.381 e. The van der Waals surface area contributed by atoms with Crippen LogP contribution in [0.4, 0.5) is 5.82 Å². The zero-order chi connectivity index (χ0) is 11.1. The maximum Gasteiger partial charge on any atom is 0.169 e. The Balaban J connectivity index is 2.18. The Kier molecular flexibility index (Phi) is 1.94. The van der Waals surface area contributed by atoms with Gasteiger partial charge in [0.05, 0.1) is 10.4 Å². The molecule has 0 atom stereocenters. The molecule has 0 aliphatic carbocycles. The Morgan fingerprint density at radius 3 is 2.94 bits per heavy atom. The van der Waals surface area contributed by atoms with Crippen molar-refractivity contribution in [2.75, 3.05) is 5.73 Å². The molecule has 2 N–H and O–H groups in total. The average Bonchev–Trinajstić information content (AvgIpc) is 2.86. The predicted octanol–water partition coefficient (Wildman–Crippen LogP) is 2.84. The molecule has 16 heavy (non-hydrogen) atoms. The maximum atomic E-state index is 5.52.